The van der Waals surface area contributed by atoms with Gasteiger partial charge in [0.2, 0.25) is 10.0 Å². The van der Waals surface area contributed by atoms with E-state index in [4.69, 9.17) is 4.74 Å². The Balaban J connectivity index is 2.19. The zero-order chi connectivity index (χ0) is 21.8. The summed E-state index contributed by atoms with van der Waals surface area (Å²) in [5, 5.41) is 0. The van der Waals surface area contributed by atoms with E-state index in [1.54, 1.807) is 24.3 Å². The lowest BCUT2D eigenvalue weighted by molar-refractivity contribution is -0.122. The first-order valence-corrected chi connectivity index (χ1v) is 10.3. The number of anilines is 1. The number of halogens is 1. The van der Waals surface area contributed by atoms with E-state index >= 15 is 0 Å². The van der Waals surface area contributed by atoms with Crippen LogP contribution in [-0.4, -0.2) is 51.3 Å². The first-order chi connectivity index (χ1) is 13.6. The van der Waals surface area contributed by atoms with Crippen molar-refractivity contribution in [1.29, 1.82) is 0 Å². The minimum atomic E-state index is -3.86. The van der Waals surface area contributed by atoms with Crippen molar-refractivity contribution in [2.45, 2.75) is 24.8 Å². The quantitative estimate of drug-likeness (QED) is 0.641. The van der Waals surface area contributed by atoms with Gasteiger partial charge < -0.3 is 9.64 Å². The van der Waals surface area contributed by atoms with Gasteiger partial charge in [0.05, 0.1) is 10.5 Å². The number of carbonyl (C=O) groups excluding carboxylic acids is 2. The monoisotopic (exact) mass is 422 g/mol. The van der Waals surface area contributed by atoms with E-state index in [0.717, 1.165) is 22.5 Å². The molecule has 0 bridgehead atoms. The zero-order valence-electron chi connectivity index (χ0n) is 16.6. The smallest absolute Gasteiger partial charge is 0.341 e. The van der Waals surface area contributed by atoms with Crippen LogP contribution in [0.3, 0.4) is 0 Å². The van der Waals surface area contributed by atoms with Gasteiger partial charge in [0.1, 0.15) is 5.82 Å². The molecule has 0 saturated heterocycles. The van der Waals surface area contributed by atoms with Crippen molar-refractivity contribution < 1.29 is 27.1 Å². The summed E-state index contributed by atoms with van der Waals surface area (Å²) in [6.07, 6.45) is 0. The van der Waals surface area contributed by atoms with Crippen LogP contribution in [0.15, 0.2) is 53.4 Å². The highest BCUT2D eigenvalue weighted by molar-refractivity contribution is 7.89. The summed E-state index contributed by atoms with van der Waals surface area (Å²) in [4.78, 5) is 26.1. The van der Waals surface area contributed by atoms with Crippen LogP contribution in [0.1, 0.15) is 24.2 Å². The third-order valence-electron chi connectivity index (χ3n) is 4.08. The number of para-hydroxylation sites is 1. The molecular weight excluding hydrogens is 399 g/mol. The molecule has 2 rings (SSSR count). The largest absolute Gasteiger partial charge is 0.452 e. The van der Waals surface area contributed by atoms with Crippen LogP contribution >= 0.6 is 0 Å². The summed E-state index contributed by atoms with van der Waals surface area (Å²) in [6.45, 7) is 3.00. The Bertz CT molecular complexity index is 991. The Labute approximate surface area is 169 Å². The van der Waals surface area contributed by atoms with Crippen LogP contribution in [0, 0.1) is 5.82 Å². The molecule has 0 atom stereocenters. The Hall–Kier alpha value is -2.78. The van der Waals surface area contributed by atoms with E-state index in [1.165, 1.54) is 19.0 Å². The molecule has 0 unspecified atom stereocenters. The fourth-order valence-corrected chi connectivity index (χ4v) is 3.55. The molecule has 1 amide bonds. The summed E-state index contributed by atoms with van der Waals surface area (Å²) < 4.78 is 44.4. The van der Waals surface area contributed by atoms with Gasteiger partial charge >= 0.3 is 5.97 Å². The van der Waals surface area contributed by atoms with Crippen molar-refractivity contribution in [2.75, 3.05) is 25.6 Å². The lowest BCUT2D eigenvalue weighted by atomic mass is 10.2. The van der Waals surface area contributed by atoms with Gasteiger partial charge in [-0.15, -0.1) is 0 Å². The Morgan fingerprint density at radius 3 is 2.24 bits per heavy atom. The Morgan fingerprint density at radius 2 is 1.69 bits per heavy atom. The van der Waals surface area contributed by atoms with Crippen LogP contribution in [0.25, 0.3) is 0 Å². The summed E-state index contributed by atoms with van der Waals surface area (Å²) in [6, 6.07) is 11.5. The van der Waals surface area contributed by atoms with Crippen LogP contribution in [-0.2, 0) is 19.6 Å². The van der Waals surface area contributed by atoms with E-state index < -0.39 is 39.9 Å². The molecule has 0 aliphatic heterocycles. The molecular formula is C20H23FN2O5S. The Morgan fingerprint density at radius 1 is 1.07 bits per heavy atom. The van der Waals surface area contributed by atoms with Gasteiger partial charge in [-0.1, -0.05) is 18.2 Å². The number of ether oxygens (including phenoxy) is 1. The van der Waals surface area contributed by atoms with Gasteiger partial charge in [-0.3, -0.25) is 4.79 Å². The molecule has 7 nitrogen and oxygen atoms in total. The van der Waals surface area contributed by atoms with Crippen molar-refractivity contribution in [1.82, 2.24) is 4.31 Å². The number of rotatable bonds is 7. The van der Waals surface area contributed by atoms with Gasteiger partial charge in [-0.25, -0.2) is 21.9 Å². The van der Waals surface area contributed by atoms with E-state index in [0.29, 0.717) is 5.69 Å². The van der Waals surface area contributed by atoms with Gasteiger partial charge in [0.25, 0.3) is 5.91 Å². The van der Waals surface area contributed by atoms with Gasteiger partial charge in [-0.2, -0.15) is 0 Å². The van der Waals surface area contributed by atoms with Crippen molar-refractivity contribution >= 4 is 27.6 Å². The number of nitrogens with zero attached hydrogens (tertiary/aromatic N) is 2. The molecule has 0 fully saturated rings. The lowest BCUT2D eigenvalue weighted by Gasteiger charge is -2.26. The topological polar surface area (TPSA) is 84.0 Å². The second-order valence-corrected chi connectivity index (χ2v) is 8.85. The predicted molar refractivity (Wildman–Crippen MR) is 107 cm³/mol. The maximum atomic E-state index is 14.1. The van der Waals surface area contributed by atoms with Crippen LogP contribution in [0.4, 0.5) is 10.1 Å². The molecule has 0 heterocycles. The van der Waals surface area contributed by atoms with Crippen molar-refractivity contribution in [3.05, 3.63) is 59.9 Å². The average molecular weight is 422 g/mol. The second kappa shape index (κ2) is 9.15. The number of sulfonamides is 1. The van der Waals surface area contributed by atoms with E-state index in [2.05, 4.69) is 0 Å². The standard InChI is InChI=1S/C20H23FN2O5S/c1-14(2)23(15-8-6-5-7-9-15)19(24)13-28-20(25)17-12-16(10-11-18(17)21)29(26,27)22(3)4/h5-12,14H,13H2,1-4H3. The molecule has 29 heavy (non-hydrogen) atoms. The number of benzene rings is 2. The lowest BCUT2D eigenvalue weighted by Crippen LogP contribution is -2.40. The first kappa shape index (κ1) is 22.5. The normalized spacial score (nSPS) is 11.6. The molecule has 2 aromatic carbocycles. The Kier molecular flexibility index (Phi) is 7.10. The number of hydrogen-bond acceptors (Lipinski definition) is 5. The highest BCUT2D eigenvalue weighted by Gasteiger charge is 2.24. The van der Waals surface area contributed by atoms with E-state index in [1.807, 2.05) is 19.9 Å². The third kappa shape index (κ3) is 5.18. The van der Waals surface area contributed by atoms with Crippen molar-refractivity contribution in [2.24, 2.45) is 0 Å². The summed E-state index contributed by atoms with van der Waals surface area (Å²) in [5.74, 6) is -2.55. The molecule has 0 aliphatic carbocycles. The summed E-state index contributed by atoms with van der Waals surface area (Å²) >= 11 is 0. The molecule has 0 saturated carbocycles. The summed E-state index contributed by atoms with van der Waals surface area (Å²) in [7, 11) is -1.22. The van der Waals surface area contributed by atoms with Gasteiger partial charge in [-0.05, 0) is 44.2 Å². The molecule has 0 spiro atoms. The number of esters is 1. The fourth-order valence-electron chi connectivity index (χ4n) is 2.63. The molecule has 9 heteroatoms. The maximum absolute atomic E-state index is 14.1. The van der Waals surface area contributed by atoms with Crippen LogP contribution in [0.5, 0.6) is 0 Å². The molecule has 0 aliphatic rings. The minimum Gasteiger partial charge on any atom is -0.452 e. The van der Waals surface area contributed by atoms with Crippen molar-refractivity contribution in [3.63, 3.8) is 0 Å². The number of amides is 1. The molecule has 0 N–H and O–H groups in total. The first-order valence-electron chi connectivity index (χ1n) is 8.82. The number of carbonyl (C=O) groups is 2. The van der Waals surface area contributed by atoms with E-state index in [9.17, 15) is 22.4 Å². The SMILES string of the molecule is CC(C)N(C(=O)COC(=O)c1cc(S(=O)(=O)N(C)C)ccc1F)c1ccccc1. The fraction of sp³-hybridized carbons (Fsp3) is 0.300. The van der Waals surface area contributed by atoms with Gasteiger partial charge in [0, 0.05) is 25.8 Å². The average Bonchev–Trinajstić information content (AvgIpc) is 2.66. The molecule has 2 aromatic rings. The molecule has 0 radical (unpaired) electrons. The van der Waals surface area contributed by atoms with Crippen LogP contribution < -0.4 is 4.90 Å². The number of hydrogen-bond donors (Lipinski definition) is 0. The van der Waals surface area contributed by atoms with E-state index in [-0.39, 0.29) is 10.9 Å². The minimum absolute atomic E-state index is 0.200. The van der Waals surface area contributed by atoms with Gasteiger partial charge in [0.15, 0.2) is 6.61 Å². The predicted octanol–water partition coefficient (Wildman–Crippen LogP) is 2.67. The molecule has 156 valence electrons. The zero-order valence-corrected chi connectivity index (χ0v) is 17.4. The van der Waals surface area contributed by atoms with Crippen molar-refractivity contribution in [3.8, 4) is 0 Å². The molecule has 0 aromatic heterocycles. The second-order valence-electron chi connectivity index (χ2n) is 6.70. The highest BCUT2D eigenvalue weighted by Crippen LogP contribution is 2.20. The highest BCUT2D eigenvalue weighted by atomic mass is 32.2. The summed E-state index contributed by atoms with van der Waals surface area (Å²) in [5.41, 5.74) is 0.0744. The van der Waals surface area contributed by atoms with Crippen LogP contribution in [0.2, 0.25) is 0 Å². The maximum Gasteiger partial charge on any atom is 0.341 e. The third-order valence-corrected chi connectivity index (χ3v) is 5.89.